The number of hydrogen-bond acceptors (Lipinski definition) is 4. The van der Waals surface area contributed by atoms with Crippen molar-refractivity contribution in [3.05, 3.63) is 54.1 Å². The van der Waals surface area contributed by atoms with Crippen LogP contribution < -0.4 is 0 Å². The van der Waals surface area contributed by atoms with E-state index in [9.17, 15) is 9.59 Å². The van der Waals surface area contributed by atoms with E-state index in [1.54, 1.807) is 6.07 Å². The lowest BCUT2D eigenvalue weighted by Gasteiger charge is -2.06. The molecule has 0 N–H and O–H groups in total. The molecule has 0 spiro atoms. The summed E-state index contributed by atoms with van der Waals surface area (Å²) >= 11 is 0. The van der Waals surface area contributed by atoms with Gasteiger partial charge in [-0.2, -0.15) is 0 Å². The van der Waals surface area contributed by atoms with Gasteiger partial charge in [0.05, 0.1) is 19.8 Å². The number of carbonyl (C=O) groups excluding carboxylic acids is 2. The first-order valence-corrected chi connectivity index (χ1v) is 6.03. The van der Waals surface area contributed by atoms with Crippen LogP contribution in [-0.2, 0) is 19.1 Å². The van der Waals surface area contributed by atoms with E-state index in [4.69, 9.17) is 4.74 Å². The van der Waals surface area contributed by atoms with E-state index >= 15 is 0 Å². The Morgan fingerprint density at radius 3 is 2.40 bits per heavy atom. The Kier molecular flexibility index (Phi) is 4.15. The number of carbonyl (C=O) groups is 2. The Balaban J connectivity index is 2.57. The Hall–Kier alpha value is -2.62. The molecule has 0 fully saturated rings. The third kappa shape index (κ3) is 2.69. The summed E-state index contributed by atoms with van der Waals surface area (Å²) in [6.45, 7) is 0. The largest absolute Gasteiger partial charge is 0.466 e. The van der Waals surface area contributed by atoms with E-state index < -0.39 is 11.9 Å². The van der Waals surface area contributed by atoms with Gasteiger partial charge in [0.2, 0.25) is 0 Å². The molecule has 20 heavy (non-hydrogen) atoms. The lowest BCUT2D eigenvalue weighted by molar-refractivity contribution is -0.136. The first-order valence-electron chi connectivity index (χ1n) is 6.03. The van der Waals surface area contributed by atoms with Gasteiger partial charge in [-0.15, -0.1) is 0 Å². The summed E-state index contributed by atoms with van der Waals surface area (Å²) in [6.07, 6.45) is 1.15. The van der Waals surface area contributed by atoms with Crippen molar-refractivity contribution >= 4 is 17.5 Å². The van der Waals surface area contributed by atoms with Crippen molar-refractivity contribution in [2.75, 3.05) is 14.2 Å². The quantitative estimate of drug-likeness (QED) is 0.635. The molecule has 4 heteroatoms. The molecule has 2 aliphatic rings. The number of methoxy groups -OCH3 is 2. The van der Waals surface area contributed by atoms with Gasteiger partial charge >= 0.3 is 11.9 Å². The first-order chi connectivity index (χ1) is 9.67. The molecule has 0 amide bonds. The van der Waals surface area contributed by atoms with E-state index in [0.717, 1.165) is 17.2 Å². The van der Waals surface area contributed by atoms with Gasteiger partial charge in [-0.25, -0.2) is 9.59 Å². The zero-order valence-corrected chi connectivity index (χ0v) is 11.3. The molecule has 0 atom stereocenters. The average Bonchev–Trinajstić information content (AvgIpc) is 2.71. The van der Waals surface area contributed by atoms with Crippen molar-refractivity contribution in [1.29, 1.82) is 0 Å². The molecule has 4 nitrogen and oxygen atoms in total. The Morgan fingerprint density at radius 2 is 1.70 bits per heavy atom. The summed E-state index contributed by atoms with van der Waals surface area (Å²) in [4.78, 5) is 23.3. The fourth-order valence-corrected chi connectivity index (χ4v) is 1.98. The van der Waals surface area contributed by atoms with Gasteiger partial charge in [-0.05, 0) is 16.7 Å². The van der Waals surface area contributed by atoms with Crippen molar-refractivity contribution < 1.29 is 19.1 Å². The molecular weight excluding hydrogens is 256 g/mol. The van der Waals surface area contributed by atoms with Crippen LogP contribution in [0, 0.1) is 0 Å². The highest BCUT2D eigenvalue weighted by molar-refractivity contribution is 6.22. The molecule has 0 bridgehead atoms. The van der Waals surface area contributed by atoms with E-state index in [1.807, 2.05) is 36.4 Å². The smallest absolute Gasteiger partial charge is 0.338 e. The van der Waals surface area contributed by atoms with Crippen LogP contribution in [-0.4, -0.2) is 26.2 Å². The number of hydrogen-bond donors (Lipinski definition) is 0. The van der Waals surface area contributed by atoms with Crippen LogP contribution in [0.2, 0.25) is 0 Å². The predicted molar refractivity (Wildman–Crippen MR) is 75.1 cm³/mol. The van der Waals surface area contributed by atoms with Crippen molar-refractivity contribution in [3.63, 3.8) is 0 Å². The Morgan fingerprint density at radius 1 is 0.950 bits per heavy atom. The van der Waals surface area contributed by atoms with Gasteiger partial charge in [0, 0.05) is 6.08 Å². The van der Waals surface area contributed by atoms with Crippen molar-refractivity contribution in [3.8, 4) is 11.1 Å². The second-order valence-corrected chi connectivity index (χ2v) is 4.10. The molecule has 0 heterocycles. The second kappa shape index (κ2) is 6.02. The molecule has 0 aromatic carbocycles. The van der Waals surface area contributed by atoms with Crippen LogP contribution >= 0.6 is 0 Å². The van der Waals surface area contributed by atoms with Gasteiger partial charge in [0.1, 0.15) is 0 Å². The maximum absolute atomic E-state index is 11.9. The van der Waals surface area contributed by atoms with Crippen LogP contribution in [0.3, 0.4) is 0 Å². The molecule has 2 aliphatic carbocycles. The van der Waals surface area contributed by atoms with Gasteiger partial charge in [-0.1, -0.05) is 42.5 Å². The molecule has 0 unspecified atom stereocenters. The topological polar surface area (TPSA) is 52.6 Å². The van der Waals surface area contributed by atoms with E-state index in [-0.39, 0.29) is 5.57 Å². The molecule has 102 valence electrons. The standard InChI is InChI=1S/C16H14O4/c1-19-15(17)10-14(16(18)20-2)13-9-8-11-6-4-3-5-7-12(11)13/h3-10H,1-2H3/b14-10-. The predicted octanol–water partition coefficient (Wildman–Crippen LogP) is 2.52. The monoisotopic (exact) mass is 270 g/mol. The number of fused-ring (bicyclic) bond motifs is 1. The summed E-state index contributed by atoms with van der Waals surface area (Å²) in [5, 5.41) is 0. The molecule has 0 aromatic rings. The van der Waals surface area contributed by atoms with Crippen molar-refractivity contribution in [2.45, 2.75) is 0 Å². The SMILES string of the molecule is COC(=O)/C=C(\C(=O)OC)c1ccc2cccccc1-2. The van der Waals surface area contributed by atoms with Crippen LogP contribution in [0.5, 0.6) is 0 Å². The minimum absolute atomic E-state index is 0.181. The molecule has 0 radical (unpaired) electrons. The average molecular weight is 270 g/mol. The van der Waals surface area contributed by atoms with E-state index in [1.165, 1.54) is 14.2 Å². The highest BCUT2D eigenvalue weighted by Crippen LogP contribution is 2.32. The highest BCUT2D eigenvalue weighted by atomic mass is 16.5. The number of esters is 2. The lowest BCUT2D eigenvalue weighted by Crippen LogP contribution is -2.07. The fourth-order valence-electron chi connectivity index (χ4n) is 1.98. The second-order valence-electron chi connectivity index (χ2n) is 4.10. The number of rotatable bonds is 3. The Bertz CT molecular complexity index is 643. The zero-order chi connectivity index (χ0) is 14.5. The lowest BCUT2D eigenvalue weighted by atomic mass is 10.0. The van der Waals surface area contributed by atoms with E-state index in [0.29, 0.717) is 5.56 Å². The third-order valence-corrected chi connectivity index (χ3v) is 2.95. The summed E-state index contributed by atoms with van der Waals surface area (Å²) in [5.74, 6) is -1.17. The van der Waals surface area contributed by atoms with Gasteiger partial charge in [-0.3, -0.25) is 0 Å². The maximum Gasteiger partial charge on any atom is 0.338 e. The first kappa shape index (κ1) is 13.8. The fraction of sp³-hybridized carbons (Fsp3) is 0.125. The molecule has 0 aliphatic heterocycles. The summed E-state index contributed by atoms with van der Waals surface area (Å²) in [7, 11) is 2.54. The Labute approximate surface area is 117 Å². The minimum atomic E-state index is -0.597. The van der Waals surface area contributed by atoms with Gasteiger partial charge < -0.3 is 9.47 Å². The van der Waals surface area contributed by atoms with Crippen molar-refractivity contribution in [2.24, 2.45) is 0 Å². The van der Waals surface area contributed by atoms with Gasteiger partial charge in [0.15, 0.2) is 0 Å². The van der Waals surface area contributed by atoms with Crippen LogP contribution in [0.1, 0.15) is 5.56 Å². The summed E-state index contributed by atoms with van der Waals surface area (Å²) in [5.41, 5.74) is 2.68. The van der Waals surface area contributed by atoms with Crippen LogP contribution in [0.25, 0.3) is 16.7 Å². The van der Waals surface area contributed by atoms with E-state index in [2.05, 4.69) is 4.74 Å². The van der Waals surface area contributed by atoms with Crippen molar-refractivity contribution in [1.82, 2.24) is 0 Å². The molecule has 0 saturated heterocycles. The van der Waals surface area contributed by atoms with Gasteiger partial charge in [0.25, 0.3) is 0 Å². The molecular formula is C16H14O4. The maximum atomic E-state index is 11.9. The summed E-state index contributed by atoms with van der Waals surface area (Å²) in [6, 6.07) is 13.2. The normalized spacial score (nSPS) is 11.2. The molecule has 0 saturated carbocycles. The third-order valence-electron chi connectivity index (χ3n) is 2.95. The molecule has 2 rings (SSSR count). The highest BCUT2D eigenvalue weighted by Gasteiger charge is 2.19. The zero-order valence-electron chi connectivity index (χ0n) is 11.3. The minimum Gasteiger partial charge on any atom is -0.466 e. The van der Waals surface area contributed by atoms with Crippen LogP contribution in [0.15, 0.2) is 48.5 Å². The molecule has 0 aromatic heterocycles. The number of ether oxygens (including phenoxy) is 2. The summed E-state index contributed by atoms with van der Waals surface area (Å²) < 4.78 is 9.32. The van der Waals surface area contributed by atoms with Crippen LogP contribution in [0.4, 0.5) is 0 Å².